The third-order valence-corrected chi connectivity index (χ3v) is 3.51. The quantitative estimate of drug-likeness (QED) is 0.547. The van der Waals surface area contributed by atoms with Gasteiger partial charge in [0.25, 0.3) is 0 Å². The van der Waals surface area contributed by atoms with Gasteiger partial charge in [-0.25, -0.2) is 0 Å². The van der Waals surface area contributed by atoms with Gasteiger partial charge in [0.05, 0.1) is 0 Å². The summed E-state index contributed by atoms with van der Waals surface area (Å²) in [6, 6.07) is 17.2. The molecule has 2 rings (SSSR count). The number of hydrogen-bond acceptors (Lipinski definition) is 0. The van der Waals surface area contributed by atoms with E-state index < -0.39 is 0 Å². The van der Waals surface area contributed by atoms with Crippen LogP contribution in [0.3, 0.4) is 0 Å². The Morgan fingerprint density at radius 2 is 1.23 bits per heavy atom. The Kier molecular flexibility index (Phi) is 10.3. The lowest BCUT2D eigenvalue weighted by atomic mass is 9.97. The number of hydrogen-bond donors (Lipinski definition) is 0. The molecular formula is C22H34. The van der Waals surface area contributed by atoms with Crippen LogP contribution in [0.1, 0.15) is 75.6 Å². The molecule has 0 fully saturated rings. The van der Waals surface area contributed by atoms with Crippen LogP contribution in [0, 0.1) is 13.8 Å². The van der Waals surface area contributed by atoms with Crippen molar-refractivity contribution >= 4 is 0 Å². The Morgan fingerprint density at radius 3 is 1.59 bits per heavy atom. The van der Waals surface area contributed by atoms with Gasteiger partial charge in [-0.15, -0.1) is 0 Å². The molecule has 0 amide bonds. The highest BCUT2D eigenvalue weighted by atomic mass is 14.1. The Morgan fingerprint density at radius 1 is 0.682 bits per heavy atom. The van der Waals surface area contributed by atoms with Gasteiger partial charge in [0.15, 0.2) is 0 Å². The van der Waals surface area contributed by atoms with Crippen LogP contribution in [0.25, 0.3) is 0 Å². The maximum absolute atomic E-state index is 2.25. The van der Waals surface area contributed by atoms with Gasteiger partial charge in [-0.3, -0.25) is 0 Å². The van der Waals surface area contributed by atoms with E-state index in [0.29, 0.717) is 11.8 Å². The maximum atomic E-state index is 2.25. The molecule has 0 spiro atoms. The Bertz CT molecular complexity index is 507. The molecular weight excluding hydrogens is 264 g/mol. The summed E-state index contributed by atoms with van der Waals surface area (Å²) >= 11 is 0. The second kappa shape index (κ2) is 11.1. The zero-order valence-electron chi connectivity index (χ0n) is 15.8. The molecule has 0 unspecified atom stereocenters. The van der Waals surface area contributed by atoms with Gasteiger partial charge in [-0.1, -0.05) is 95.6 Å². The predicted octanol–water partition coefficient (Wildman–Crippen LogP) is 7.26. The van der Waals surface area contributed by atoms with Gasteiger partial charge < -0.3 is 0 Å². The second-order valence-electron chi connectivity index (χ2n) is 6.08. The zero-order chi connectivity index (χ0) is 17.1. The standard InChI is InChI=1S/C11H16.C9H12.C2H6/c1-8(2)11-6-5-9(3)7-10(11)4;1-8(2)9-6-4-3-5-7-9;1-2/h5-8H,1-4H3;3-8H,1-2H3;1-2H3. The molecule has 0 saturated heterocycles. The molecule has 0 aliphatic rings. The molecule has 0 radical (unpaired) electrons. The lowest BCUT2D eigenvalue weighted by molar-refractivity contribution is 0.855. The highest BCUT2D eigenvalue weighted by Gasteiger charge is 2.01. The van der Waals surface area contributed by atoms with Crippen LogP contribution in [0.5, 0.6) is 0 Å². The van der Waals surface area contributed by atoms with E-state index >= 15 is 0 Å². The van der Waals surface area contributed by atoms with Gasteiger partial charge in [-0.2, -0.15) is 0 Å². The smallest absolute Gasteiger partial charge is 0.0216 e. The fourth-order valence-electron chi connectivity index (χ4n) is 2.31. The lowest BCUT2D eigenvalue weighted by Gasteiger charge is -2.09. The van der Waals surface area contributed by atoms with Crippen LogP contribution >= 0.6 is 0 Å². The van der Waals surface area contributed by atoms with E-state index in [9.17, 15) is 0 Å². The van der Waals surface area contributed by atoms with Gasteiger partial charge in [-0.05, 0) is 42.4 Å². The summed E-state index contributed by atoms with van der Waals surface area (Å²) in [4.78, 5) is 0. The van der Waals surface area contributed by atoms with Crippen LogP contribution in [0.2, 0.25) is 0 Å². The van der Waals surface area contributed by atoms with E-state index in [1.165, 1.54) is 22.3 Å². The second-order valence-corrected chi connectivity index (χ2v) is 6.08. The first-order chi connectivity index (χ1) is 10.4. The molecule has 0 saturated carbocycles. The highest BCUT2D eigenvalue weighted by Crippen LogP contribution is 2.19. The molecule has 2 aromatic carbocycles. The molecule has 0 heterocycles. The summed E-state index contributed by atoms with van der Waals surface area (Å²) < 4.78 is 0. The van der Waals surface area contributed by atoms with Crippen LogP contribution in [0.15, 0.2) is 48.5 Å². The van der Waals surface area contributed by atoms with E-state index in [-0.39, 0.29) is 0 Å². The third-order valence-electron chi connectivity index (χ3n) is 3.51. The number of rotatable bonds is 2. The van der Waals surface area contributed by atoms with Crippen LogP contribution in [-0.2, 0) is 0 Å². The van der Waals surface area contributed by atoms with Gasteiger partial charge in [0.2, 0.25) is 0 Å². The maximum Gasteiger partial charge on any atom is -0.0216 e. The average Bonchev–Trinajstić information content (AvgIpc) is 2.50. The van der Waals surface area contributed by atoms with Gasteiger partial charge >= 0.3 is 0 Å². The highest BCUT2D eigenvalue weighted by molar-refractivity contribution is 5.32. The zero-order valence-corrected chi connectivity index (χ0v) is 15.8. The van der Waals surface area contributed by atoms with Crippen molar-refractivity contribution in [3.63, 3.8) is 0 Å². The largest absolute Gasteiger partial charge is 0.0683 e. The first kappa shape index (κ1) is 20.4. The van der Waals surface area contributed by atoms with E-state index in [1.54, 1.807) is 0 Å². The SMILES string of the molecule is CC.CC(C)c1ccccc1.Cc1ccc(C(C)C)c(C)c1. The van der Waals surface area contributed by atoms with Crippen molar-refractivity contribution in [2.45, 2.75) is 67.2 Å². The molecule has 0 bridgehead atoms. The van der Waals surface area contributed by atoms with E-state index in [1.807, 2.05) is 19.9 Å². The van der Waals surface area contributed by atoms with Crippen molar-refractivity contribution in [1.29, 1.82) is 0 Å². The molecule has 0 aliphatic carbocycles. The lowest BCUT2D eigenvalue weighted by Crippen LogP contribution is -1.91. The van der Waals surface area contributed by atoms with Crippen LogP contribution in [0.4, 0.5) is 0 Å². The molecule has 0 N–H and O–H groups in total. The average molecular weight is 299 g/mol. The summed E-state index contributed by atoms with van der Waals surface area (Å²) in [5.41, 5.74) is 5.65. The third kappa shape index (κ3) is 7.45. The monoisotopic (exact) mass is 298 g/mol. The Balaban J connectivity index is 0.000000366. The summed E-state index contributed by atoms with van der Waals surface area (Å²) in [6.45, 7) is 17.2. The molecule has 122 valence electrons. The minimum atomic E-state index is 0.649. The first-order valence-electron chi connectivity index (χ1n) is 8.54. The van der Waals surface area contributed by atoms with E-state index in [0.717, 1.165) is 0 Å². The van der Waals surface area contributed by atoms with Crippen molar-refractivity contribution < 1.29 is 0 Å². The van der Waals surface area contributed by atoms with Crippen LogP contribution in [-0.4, -0.2) is 0 Å². The topological polar surface area (TPSA) is 0 Å². The van der Waals surface area contributed by atoms with E-state index in [4.69, 9.17) is 0 Å². The predicted molar refractivity (Wildman–Crippen MR) is 102 cm³/mol. The minimum absolute atomic E-state index is 0.649. The minimum Gasteiger partial charge on any atom is -0.0683 e. The molecule has 0 nitrogen and oxygen atoms in total. The Hall–Kier alpha value is -1.56. The molecule has 0 aliphatic heterocycles. The van der Waals surface area contributed by atoms with Gasteiger partial charge in [0.1, 0.15) is 0 Å². The number of aryl methyl sites for hydroxylation is 2. The molecule has 22 heavy (non-hydrogen) atoms. The normalized spacial score (nSPS) is 9.73. The van der Waals surface area contributed by atoms with E-state index in [2.05, 4.69) is 84.0 Å². The molecule has 0 heteroatoms. The fraction of sp³-hybridized carbons (Fsp3) is 0.455. The Labute approximate surface area is 138 Å². The summed E-state index contributed by atoms with van der Waals surface area (Å²) in [5, 5.41) is 0. The summed E-state index contributed by atoms with van der Waals surface area (Å²) in [7, 11) is 0. The first-order valence-corrected chi connectivity index (χ1v) is 8.54. The van der Waals surface area contributed by atoms with Crippen molar-refractivity contribution in [3.8, 4) is 0 Å². The van der Waals surface area contributed by atoms with Crippen molar-refractivity contribution in [2.24, 2.45) is 0 Å². The molecule has 0 aromatic heterocycles. The fourth-order valence-corrected chi connectivity index (χ4v) is 2.31. The summed E-state index contributed by atoms with van der Waals surface area (Å²) in [6.07, 6.45) is 0. The van der Waals surface area contributed by atoms with Crippen molar-refractivity contribution in [2.75, 3.05) is 0 Å². The number of benzene rings is 2. The summed E-state index contributed by atoms with van der Waals surface area (Å²) in [5.74, 6) is 1.31. The van der Waals surface area contributed by atoms with Gasteiger partial charge in [0, 0.05) is 0 Å². The van der Waals surface area contributed by atoms with Crippen LogP contribution < -0.4 is 0 Å². The van der Waals surface area contributed by atoms with Crippen molar-refractivity contribution in [1.82, 2.24) is 0 Å². The molecule has 2 aromatic rings. The molecule has 0 atom stereocenters. The van der Waals surface area contributed by atoms with Crippen molar-refractivity contribution in [3.05, 3.63) is 70.8 Å².